The van der Waals surface area contributed by atoms with E-state index in [0.29, 0.717) is 30.1 Å². The van der Waals surface area contributed by atoms with Crippen LogP contribution in [0.5, 0.6) is 0 Å². The molecule has 182 valence electrons. The maximum absolute atomic E-state index is 12.5. The summed E-state index contributed by atoms with van der Waals surface area (Å²) in [5.41, 5.74) is 0.0496. The molecule has 0 aromatic carbocycles. The van der Waals surface area contributed by atoms with Crippen LogP contribution in [0.1, 0.15) is 98.8 Å². The molecule has 0 heterocycles. The van der Waals surface area contributed by atoms with Gasteiger partial charge in [-0.25, -0.2) is 0 Å². The molecule has 3 heteroatoms. The number of hydrogen-bond donors (Lipinski definition) is 2. The van der Waals surface area contributed by atoms with Gasteiger partial charge >= 0.3 is 0 Å². The van der Waals surface area contributed by atoms with Gasteiger partial charge in [0.05, 0.1) is 11.7 Å². The highest BCUT2D eigenvalue weighted by Crippen LogP contribution is 2.75. The van der Waals surface area contributed by atoms with Crippen LogP contribution >= 0.6 is 0 Å². The summed E-state index contributed by atoms with van der Waals surface area (Å²) in [5.74, 6) is 3.18. The fourth-order valence-electron chi connectivity index (χ4n) is 9.42. The topological polar surface area (TPSA) is 57.5 Å². The summed E-state index contributed by atoms with van der Waals surface area (Å²) in [4.78, 5) is 12.5. The average molecular weight is 445 g/mol. The molecule has 0 aliphatic heterocycles. The fraction of sp³-hybridized carbons (Fsp3) is 0.897. The van der Waals surface area contributed by atoms with Gasteiger partial charge in [-0.05, 0) is 98.7 Å². The summed E-state index contributed by atoms with van der Waals surface area (Å²) in [5, 5.41) is 22.5. The summed E-state index contributed by atoms with van der Waals surface area (Å²) < 4.78 is 0. The van der Waals surface area contributed by atoms with Gasteiger partial charge in [-0.1, -0.05) is 46.8 Å². The van der Waals surface area contributed by atoms with Crippen LogP contribution in [0.25, 0.3) is 0 Å². The van der Waals surface area contributed by atoms with Gasteiger partial charge in [-0.2, -0.15) is 0 Å². The number of rotatable bonds is 7. The van der Waals surface area contributed by atoms with Crippen LogP contribution in [0.3, 0.4) is 0 Å². The molecule has 0 aromatic heterocycles. The quantitative estimate of drug-likeness (QED) is 0.364. The summed E-state index contributed by atoms with van der Waals surface area (Å²) in [6, 6.07) is 0. The van der Waals surface area contributed by atoms with E-state index in [1.54, 1.807) is 0 Å². The molecule has 11 atom stereocenters. The minimum absolute atomic E-state index is 0.0163. The Kier molecular flexibility index (Phi) is 6.51. The third kappa shape index (κ3) is 3.31. The summed E-state index contributed by atoms with van der Waals surface area (Å²) >= 11 is 0. The molecule has 3 nitrogen and oxygen atoms in total. The Morgan fingerprint density at radius 2 is 1.84 bits per heavy atom. The monoisotopic (exact) mass is 444 g/mol. The first-order valence-corrected chi connectivity index (χ1v) is 13.6. The lowest BCUT2D eigenvalue weighted by molar-refractivity contribution is -0.169. The number of fused-ring (bicyclic) bond motifs is 5. The highest BCUT2D eigenvalue weighted by Gasteiger charge is 2.75. The number of aliphatic hydroxyl groups is 2. The van der Waals surface area contributed by atoms with Crippen molar-refractivity contribution < 1.29 is 15.0 Å². The van der Waals surface area contributed by atoms with Crippen LogP contribution in [-0.4, -0.2) is 28.2 Å². The zero-order valence-electron chi connectivity index (χ0n) is 21.3. The predicted octanol–water partition coefficient (Wildman–Crippen LogP) is 6.17. The first kappa shape index (κ1) is 24.5. The van der Waals surface area contributed by atoms with E-state index in [9.17, 15) is 15.0 Å². The average Bonchev–Trinajstić information content (AvgIpc) is 3.25. The molecule has 0 amide bonds. The van der Waals surface area contributed by atoms with Gasteiger partial charge in [0.25, 0.3) is 0 Å². The van der Waals surface area contributed by atoms with Crippen molar-refractivity contribution in [3.05, 3.63) is 12.2 Å². The molecule has 0 spiro atoms. The van der Waals surface area contributed by atoms with E-state index >= 15 is 0 Å². The van der Waals surface area contributed by atoms with Gasteiger partial charge in [0.15, 0.2) is 0 Å². The Bertz CT molecular complexity index is 732. The molecule has 0 saturated heterocycles. The number of aliphatic hydroxyl groups excluding tert-OH is 1. The second-order valence-electron chi connectivity index (χ2n) is 12.8. The van der Waals surface area contributed by atoms with Crippen molar-refractivity contribution in [2.45, 2.75) is 111 Å². The van der Waals surface area contributed by atoms with Crippen molar-refractivity contribution in [1.82, 2.24) is 0 Å². The van der Waals surface area contributed by atoms with Gasteiger partial charge in [0.1, 0.15) is 6.29 Å². The van der Waals surface area contributed by atoms with E-state index in [2.05, 4.69) is 41.2 Å². The summed E-state index contributed by atoms with van der Waals surface area (Å²) in [7, 11) is 0. The number of carbonyl (C=O) groups excluding carboxylic acids is 1. The van der Waals surface area contributed by atoms with Gasteiger partial charge in [-0.3, -0.25) is 0 Å². The minimum Gasteiger partial charge on any atom is -0.393 e. The molecule has 32 heavy (non-hydrogen) atoms. The Morgan fingerprint density at radius 3 is 2.50 bits per heavy atom. The lowest BCUT2D eigenvalue weighted by Gasteiger charge is -2.56. The second-order valence-corrected chi connectivity index (χ2v) is 12.8. The Morgan fingerprint density at radius 1 is 1.12 bits per heavy atom. The lowest BCUT2D eigenvalue weighted by Crippen LogP contribution is -2.56. The van der Waals surface area contributed by atoms with E-state index in [4.69, 9.17) is 0 Å². The summed E-state index contributed by atoms with van der Waals surface area (Å²) in [6.07, 6.45) is 10.9. The molecular weight excluding hydrogens is 396 g/mol. The third-order valence-electron chi connectivity index (χ3n) is 11.9. The molecule has 0 radical (unpaired) electrons. The zero-order valence-corrected chi connectivity index (χ0v) is 21.3. The molecule has 4 saturated carbocycles. The normalized spacial score (nSPS) is 49.6. The standard InChI is InChI=1S/C29H48O3/c1-7-18(2)19(3)8-9-20(4)22-10-11-24-23(22)13-14-27(5)26(24)25(17-30)29(32)16-21(31)12-15-28(27,29)6/h17-18,20-26,31-32H,3,7-16H2,1-2,4-6H3/t18-,20+,21-,22+,23?,24+,25+,26+,27-,28+,29+/m0/s1. The SMILES string of the molecule is C=C(CC[C@@H](C)[C@H]1CC[C@@H]2C1CC[C@@]1(C)[C@H]2[C@@H](C=O)[C@]2(O)C[C@@H](O)CC[C@]12C)[C@@H](C)CC. The predicted molar refractivity (Wildman–Crippen MR) is 130 cm³/mol. The third-order valence-corrected chi connectivity index (χ3v) is 11.9. The van der Waals surface area contributed by atoms with Crippen molar-refractivity contribution in [1.29, 1.82) is 0 Å². The maximum Gasteiger partial charge on any atom is 0.126 e. The van der Waals surface area contributed by atoms with Crippen LogP contribution in [0, 0.1) is 52.3 Å². The largest absolute Gasteiger partial charge is 0.393 e. The molecule has 0 bridgehead atoms. The molecule has 4 rings (SSSR count). The number of aldehydes is 1. The summed E-state index contributed by atoms with van der Waals surface area (Å²) in [6.45, 7) is 16.0. The zero-order chi connectivity index (χ0) is 23.5. The van der Waals surface area contributed by atoms with Crippen molar-refractivity contribution in [2.24, 2.45) is 52.3 Å². The van der Waals surface area contributed by atoms with Gasteiger partial charge in [0.2, 0.25) is 0 Å². The smallest absolute Gasteiger partial charge is 0.126 e. The second kappa shape index (κ2) is 8.52. The highest BCUT2D eigenvalue weighted by atomic mass is 16.3. The Hall–Kier alpha value is -0.670. The fourth-order valence-corrected chi connectivity index (χ4v) is 9.42. The van der Waals surface area contributed by atoms with Gasteiger partial charge < -0.3 is 15.0 Å². The van der Waals surface area contributed by atoms with Crippen LogP contribution in [0.4, 0.5) is 0 Å². The maximum atomic E-state index is 12.5. The molecule has 4 aliphatic carbocycles. The van der Waals surface area contributed by atoms with Crippen LogP contribution in [0.2, 0.25) is 0 Å². The van der Waals surface area contributed by atoms with E-state index in [0.717, 1.165) is 37.9 Å². The lowest BCUT2D eigenvalue weighted by atomic mass is 9.50. The first-order valence-electron chi connectivity index (χ1n) is 13.6. The minimum atomic E-state index is -1.06. The van der Waals surface area contributed by atoms with Gasteiger partial charge in [-0.15, -0.1) is 0 Å². The van der Waals surface area contributed by atoms with Crippen LogP contribution < -0.4 is 0 Å². The van der Waals surface area contributed by atoms with Crippen molar-refractivity contribution >= 4 is 6.29 Å². The first-order chi connectivity index (χ1) is 15.0. The highest BCUT2D eigenvalue weighted by molar-refractivity contribution is 5.60. The number of allylic oxidation sites excluding steroid dienone is 1. The Balaban J connectivity index is 1.55. The van der Waals surface area contributed by atoms with Gasteiger partial charge in [0, 0.05) is 17.8 Å². The molecule has 0 aromatic rings. The van der Waals surface area contributed by atoms with E-state index < -0.39 is 11.7 Å². The van der Waals surface area contributed by atoms with E-state index in [1.165, 1.54) is 37.7 Å². The molecule has 1 unspecified atom stereocenters. The van der Waals surface area contributed by atoms with Crippen LogP contribution in [0.15, 0.2) is 12.2 Å². The Labute approximate surface area is 196 Å². The van der Waals surface area contributed by atoms with E-state index in [1.807, 2.05) is 0 Å². The molecule has 2 N–H and O–H groups in total. The number of carbonyl (C=O) groups is 1. The molecule has 4 aliphatic rings. The molecule has 4 fully saturated rings. The van der Waals surface area contributed by atoms with Crippen LogP contribution in [-0.2, 0) is 4.79 Å². The van der Waals surface area contributed by atoms with Crippen molar-refractivity contribution in [3.63, 3.8) is 0 Å². The molecular formula is C29H48O3. The van der Waals surface area contributed by atoms with E-state index in [-0.39, 0.29) is 22.7 Å². The number of hydrogen-bond acceptors (Lipinski definition) is 3. The van der Waals surface area contributed by atoms with Crippen molar-refractivity contribution in [2.75, 3.05) is 0 Å². The van der Waals surface area contributed by atoms with Crippen molar-refractivity contribution in [3.8, 4) is 0 Å².